The number of rotatable bonds is 3. The van der Waals surface area contributed by atoms with Crippen LogP contribution in [0.3, 0.4) is 0 Å². The van der Waals surface area contributed by atoms with Gasteiger partial charge in [-0.15, -0.1) is 0 Å². The van der Waals surface area contributed by atoms with Crippen LogP contribution in [0.25, 0.3) is 0 Å². The molecule has 3 amide bonds. The smallest absolute Gasteiger partial charge is 0.325 e. The molecule has 1 fully saturated rings. The summed E-state index contributed by atoms with van der Waals surface area (Å²) in [5, 5.41) is 3.20. The molecule has 3 rings (SSSR count). The van der Waals surface area contributed by atoms with Crippen LogP contribution in [-0.2, 0) is 11.2 Å². The van der Waals surface area contributed by atoms with Gasteiger partial charge in [0.2, 0.25) is 0 Å². The molecule has 5 heteroatoms. The lowest BCUT2D eigenvalue weighted by Gasteiger charge is -2.13. The van der Waals surface area contributed by atoms with Gasteiger partial charge in [-0.1, -0.05) is 48.0 Å². The van der Waals surface area contributed by atoms with Crippen molar-refractivity contribution in [1.82, 2.24) is 5.32 Å². The van der Waals surface area contributed by atoms with Crippen LogP contribution < -0.4 is 10.2 Å². The third kappa shape index (κ3) is 2.76. The molecule has 4 nitrogen and oxygen atoms in total. The van der Waals surface area contributed by atoms with E-state index in [4.69, 9.17) is 11.6 Å². The zero-order chi connectivity index (χ0) is 14.8. The molecule has 1 aliphatic rings. The maximum atomic E-state index is 12.4. The lowest BCUT2D eigenvalue weighted by molar-refractivity contribution is -0.118. The molecule has 0 radical (unpaired) electrons. The molecular weight excluding hydrogens is 288 g/mol. The number of urea groups is 1. The second kappa shape index (κ2) is 5.58. The van der Waals surface area contributed by atoms with Crippen molar-refractivity contribution in [2.24, 2.45) is 0 Å². The Labute approximate surface area is 127 Å². The van der Waals surface area contributed by atoms with E-state index in [1.807, 2.05) is 30.3 Å². The third-order valence-electron chi connectivity index (χ3n) is 3.37. The molecule has 1 heterocycles. The minimum atomic E-state index is -0.543. The van der Waals surface area contributed by atoms with Crippen LogP contribution in [0.15, 0.2) is 54.6 Å². The van der Waals surface area contributed by atoms with E-state index in [1.165, 1.54) is 0 Å². The SMILES string of the molecule is O=C1NC(Cc2ccccc2)C(=O)N1c1cccc(Cl)c1. The van der Waals surface area contributed by atoms with Gasteiger partial charge in [-0.05, 0) is 23.8 Å². The first-order chi connectivity index (χ1) is 10.1. The van der Waals surface area contributed by atoms with Gasteiger partial charge in [0.15, 0.2) is 0 Å². The molecule has 1 unspecified atom stereocenters. The first kappa shape index (κ1) is 13.6. The number of carbonyl (C=O) groups is 2. The van der Waals surface area contributed by atoms with Gasteiger partial charge in [-0.25, -0.2) is 9.69 Å². The van der Waals surface area contributed by atoms with Gasteiger partial charge in [-0.3, -0.25) is 4.79 Å². The summed E-state index contributed by atoms with van der Waals surface area (Å²) in [4.78, 5) is 25.6. The van der Waals surface area contributed by atoms with Crippen LogP contribution >= 0.6 is 11.6 Å². The number of amides is 3. The average Bonchev–Trinajstić information content (AvgIpc) is 2.74. The third-order valence-corrected chi connectivity index (χ3v) is 3.60. The number of carbonyl (C=O) groups excluding carboxylic acids is 2. The van der Waals surface area contributed by atoms with Crippen LogP contribution in [-0.4, -0.2) is 18.0 Å². The first-order valence-corrected chi connectivity index (χ1v) is 6.97. The Balaban J connectivity index is 1.82. The second-order valence-corrected chi connectivity index (χ2v) is 5.28. The Bertz CT molecular complexity index is 688. The molecular formula is C16H13ClN2O2. The Kier molecular flexibility index (Phi) is 3.62. The highest BCUT2D eigenvalue weighted by atomic mass is 35.5. The van der Waals surface area contributed by atoms with Gasteiger partial charge in [0.25, 0.3) is 5.91 Å². The zero-order valence-corrected chi connectivity index (χ0v) is 11.9. The summed E-state index contributed by atoms with van der Waals surface area (Å²) in [5.41, 5.74) is 1.49. The molecule has 0 saturated carbocycles. The minimum Gasteiger partial charge on any atom is -0.325 e. The van der Waals surface area contributed by atoms with Crippen molar-refractivity contribution in [2.75, 3.05) is 4.90 Å². The minimum absolute atomic E-state index is 0.258. The fourth-order valence-corrected chi connectivity index (χ4v) is 2.56. The van der Waals surface area contributed by atoms with E-state index < -0.39 is 12.1 Å². The van der Waals surface area contributed by atoms with E-state index in [-0.39, 0.29) is 5.91 Å². The first-order valence-electron chi connectivity index (χ1n) is 6.59. The van der Waals surface area contributed by atoms with Crippen LogP contribution in [0, 0.1) is 0 Å². The monoisotopic (exact) mass is 300 g/mol. The van der Waals surface area contributed by atoms with E-state index in [0.717, 1.165) is 10.5 Å². The van der Waals surface area contributed by atoms with Crippen LogP contribution in [0.5, 0.6) is 0 Å². The molecule has 0 spiro atoms. The fraction of sp³-hybridized carbons (Fsp3) is 0.125. The summed E-state index contributed by atoms with van der Waals surface area (Å²) < 4.78 is 0. The van der Waals surface area contributed by atoms with Crippen molar-refractivity contribution in [3.8, 4) is 0 Å². The number of anilines is 1. The molecule has 106 valence electrons. The summed E-state index contributed by atoms with van der Waals surface area (Å²) in [6.07, 6.45) is 0.475. The predicted octanol–water partition coefficient (Wildman–Crippen LogP) is 3.01. The number of hydrogen-bond acceptors (Lipinski definition) is 2. The normalized spacial score (nSPS) is 18.0. The second-order valence-electron chi connectivity index (χ2n) is 4.85. The van der Waals surface area contributed by atoms with Crippen LogP contribution in [0.1, 0.15) is 5.56 Å². The van der Waals surface area contributed by atoms with E-state index in [0.29, 0.717) is 17.1 Å². The largest absolute Gasteiger partial charge is 0.329 e. The molecule has 0 aliphatic carbocycles. The highest BCUT2D eigenvalue weighted by Crippen LogP contribution is 2.23. The van der Waals surface area contributed by atoms with Crippen molar-refractivity contribution >= 4 is 29.2 Å². The highest BCUT2D eigenvalue weighted by Gasteiger charge is 2.38. The maximum absolute atomic E-state index is 12.4. The van der Waals surface area contributed by atoms with Gasteiger partial charge < -0.3 is 5.32 Å². The summed E-state index contributed by atoms with van der Waals surface area (Å²) in [6, 6.07) is 15.3. The summed E-state index contributed by atoms with van der Waals surface area (Å²) in [6.45, 7) is 0. The number of hydrogen-bond donors (Lipinski definition) is 1. The maximum Gasteiger partial charge on any atom is 0.329 e. The lowest BCUT2D eigenvalue weighted by Crippen LogP contribution is -2.32. The molecule has 2 aromatic rings. The zero-order valence-electron chi connectivity index (χ0n) is 11.1. The van der Waals surface area contributed by atoms with Gasteiger partial charge in [0.1, 0.15) is 6.04 Å². The standard InChI is InChI=1S/C16H13ClN2O2/c17-12-7-4-8-13(10-12)19-15(20)14(18-16(19)21)9-11-5-2-1-3-6-11/h1-8,10,14H,9H2,(H,18,21). The number of halogens is 1. The molecule has 1 aliphatic heterocycles. The van der Waals surface area contributed by atoms with Crippen LogP contribution in [0.4, 0.5) is 10.5 Å². The predicted molar refractivity (Wildman–Crippen MR) is 81.4 cm³/mol. The van der Waals surface area contributed by atoms with Crippen molar-refractivity contribution in [1.29, 1.82) is 0 Å². The molecule has 1 N–H and O–H groups in total. The van der Waals surface area contributed by atoms with E-state index in [1.54, 1.807) is 24.3 Å². The summed E-state index contributed by atoms with van der Waals surface area (Å²) >= 11 is 5.92. The van der Waals surface area contributed by atoms with Crippen molar-refractivity contribution in [2.45, 2.75) is 12.5 Å². The number of nitrogens with zero attached hydrogens (tertiary/aromatic N) is 1. The van der Waals surface area contributed by atoms with E-state index >= 15 is 0 Å². The number of nitrogens with one attached hydrogen (secondary N) is 1. The fourth-order valence-electron chi connectivity index (χ4n) is 2.38. The highest BCUT2D eigenvalue weighted by molar-refractivity contribution is 6.31. The summed E-state index contributed by atoms with van der Waals surface area (Å²) in [5.74, 6) is -0.258. The summed E-state index contributed by atoms with van der Waals surface area (Å²) in [7, 11) is 0. The molecule has 1 atom stereocenters. The van der Waals surface area contributed by atoms with E-state index in [2.05, 4.69) is 5.32 Å². The topological polar surface area (TPSA) is 49.4 Å². The van der Waals surface area contributed by atoms with Gasteiger partial charge in [-0.2, -0.15) is 0 Å². The Morgan fingerprint density at radius 3 is 2.52 bits per heavy atom. The number of imide groups is 1. The van der Waals surface area contributed by atoms with Crippen LogP contribution in [0.2, 0.25) is 5.02 Å². The quantitative estimate of drug-likeness (QED) is 0.886. The number of benzene rings is 2. The Morgan fingerprint density at radius 1 is 1.05 bits per heavy atom. The lowest BCUT2D eigenvalue weighted by atomic mass is 10.1. The molecule has 0 aromatic heterocycles. The molecule has 2 aromatic carbocycles. The molecule has 0 bridgehead atoms. The van der Waals surface area contributed by atoms with Crippen molar-refractivity contribution < 1.29 is 9.59 Å². The van der Waals surface area contributed by atoms with Gasteiger partial charge in [0.05, 0.1) is 5.69 Å². The Morgan fingerprint density at radius 2 is 1.81 bits per heavy atom. The molecule has 21 heavy (non-hydrogen) atoms. The molecule has 1 saturated heterocycles. The van der Waals surface area contributed by atoms with Gasteiger partial charge >= 0.3 is 6.03 Å². The van der Waals surface area contributed by atoms with Crippen molar-refractivity contribution in [3.05, 3.63) is 65.2 Å². The van der Waals surface area contributed by atoms with E-state index in [9.17, 15) is 9.59 Å². The Hall–Kier alpha value is -2.33. The average molecular weight is 301 g/mol. The van der Waals surface area contributed by atoms with Gasteiger partial charge in [0, 0.05) is 11.4 Å². The van der Waals surface area contributed by atoms with Crippen molar-refractivity contribution in [3.63, 3.8) is 0 Å².